The monoisotopic (exact) mass is 241 g/mol. The SMILES string of the molecule is CC(C)NC1CCN(CCCCC(N)=O)C1=O. The number of nitrogens with zero attached hydrogens (tertiary/aromatic N) is 1. The van der Waals surface area contributed by atoms with Crippen molar-refractivity contribution in [3.8, 4) is 0 Å². The Morgan fingerprint density at radius 3 is 2.82 bits per heavy atom. The summed E-state index contributed by atoms with van der Waals surface area (Å²) in [6.07, 6.45) is 2.91. The van der Waals surface area contributed by atoms with Gasteiger partial charge in [0.1, 0.15) is 0 Å². The number of amides is 2. The van der Waals surface area contributed by atoms with Crippen LogP contribution in [0.3, 0.4) is 0 Å². The van der Waals surface area contributed by atoms with E-state index in [-0.39, 0.29) is 17.9 Å². The van der Waals surface area contributed by atoms with Gasteiger partial charge in [0.2, 0.25) is 11.8 Å². The molecular formula is C12H23N3O2. The second-order valence-corrected chi connectivity index (χ2v) is 4.91. The fraction of sp³-hybridized carbons (Fsp3) is 0.833. The standard InChI is InChI=1S/C12H23N3O2/c1-9(2)14-10-6-8-15(12(10)17)7-4-3-5-11(13)16/h9-10,14H,3-8H2,1-2H3,(H2,13,16). The Kier molecular flexibility index (Phi) is 5.41. The van der Waals surface area contributed by atoms with Crippen LogP contribution in [0.25, 0.3) is 0 Å². The largest absolute Gasteiger partial charge is 0.370 e. The van der Waals surface area contributed by atoms with Gasteiger partial charge in [-0.1, -0.05) is 13.8 Å². The van der Waals surface area contributed by atoms with E-state index in [1.54, 1.807) is 0 Å². The first-order chi connectivity index (χ1) is 8.00. The normalized spacial score (nSPS) is 20.3. The smallest absolute Gasteiger partial charge is 0.239 e. The molecule has 0 aliphatic carbocycles. The molecule has 1 aliphatic heterocycles. The molecule has 5 heteroatoms. The second kappa shape index (κ2) is 6.59. The summed E-state index contributed by atoms with van der Waals surface area (Å²) < 4.78 is 0. The van der Waals surface area contributed by atoms with E-state index in [0.29, 0.717) is 12.5 Å². The molecule has 98 valence electrons. The van der Waals surface area contributed by atoms with E-state index in [9.17, 15) is 9.59 Å². The fourth-order valence-electron chi connectivity index (χ4n) is 2.12. The maximum absolute atomic E-state index is 11.9. The summed E-state index contributed by atoms with van der Waals surface area (Å²) >= 11 is 0. The van der Waals surface area contributed by atoms with Crippen LogP contribution in [0, 0.1) is 0 Å². The van der Waals surface area contributed by atoms with Crippen LogP contribution in [0.15, 0.2) is 0 Å². The van der Waals surface area contributed by atoms with Crippen molar-refractivity contribution in [2.24, 2.45) is 5.73 Å². The second-order valence-electron chi connectivity index (χ2n) is 4.91. The molecule has 0 aromatic rings. The minimum atomic E-state index is -0.267. The Bertz CT molecular complexity index is 279. The van der Waals surface area contributed by atoms with Crippen molar-refractivity contribution in [2.75, 3.05) is 13.1 Å². The Labute approximate surface area is 103 Å². The van der Waals surface area contributed by atoms with Gasteiger partial charge in [0.25, 0.3) is 0 Å². The van der Waals surface area contributed by atoms with E-state index < -0.39 is 0 Å². The van der Waals surface area contributed by atoms with Crippen molar-refractivity contribution in [3.05, 3.63) is 0 Å². The lowest BCUT2D eigenvalue weighted by Crippen LogP contribution is -2.41. The predicted octanol–water partition coefficient (Wildman–Crippen LogP) is 0.241. The van der Waals surface area contributed by atoms with E-state index in [4.69, 9.17) is 5.73 Å². The third-order valence-corrected chi connectivity index (χ3v) is 2.93. The van der Waals surface area contributed by atoms with Gasteiger partial charge in [-0.15, -0.1) is 0 Å². The molecule has 1 atom stereocenters. The first kappa shape index (κ1) is 14.0. The van der Waals surface area contributed by atoms with Crippen LogP contribution in [-0.2, 0) is 9.59 Å². The van der Waals surface area contributed by atoms with Gasteiger partial charge in [-0.05, 0) is 19.3 Å². The van der Waals surface area contributed by atoms with Crippen molar-refractivity contribution in [3.63, 3.8) is 0 Å². The summed E-state index contributed by atoms with van der Waals surface area (Å²) in [7, 11) is 0. The van der Waals surface area contributed by atoms with Crippen molar-refractivity contribution in [1.82, 2.24) is 10.2 Å². The Morgan fingerprint density at radius 2 is 2.24 bits per heavy atom. The Morgan fingerprint density at radius 1 is 1.53 bits per heavy atom. The van der Waals surface area contributed by atoms with Crippen LogP contribution in [0.5, 0.6) is 0 Å². The lowest BCUT2D eigenvalue weighted by atomic mass is 10.2. The fourth-order valence-corrected chi connectivity index (χ4v) is 2.12. The molecule has 0 saturated carbocycles. The zero-order chi connectivity index (χ0) is 12.8. The van der Waals surface area contributed by atoms with E-state index >= 15 is 0 Å². The highest BCUT2D eigenvalue weighted by Gasteiger charge is 2.30. The molecule has 0 aromatic heterocycles. The van der Waals surface area contributed by atoms with Crippen molar-refractivity contribution >= 4 is 11.8 Å². The zero-order valence-corrected chi connectivity index (χ0v) is 10.7. The van der Waals surface area contributed by atoms with Gasteiger partial charge in [0.05, 0.1) is 6.04 Å². The highest BCUT2D eigenvalue weighted by Crippen LogP contribution is 2.13. The lowest BCUT2D eigenvalue weighted by Gasteiger charge is -2.18. The van der Waals surface area contributed by atoms with Crippen LogP contribution in [0.4, 0.5) is 0 Å². The number of carbonyl (C=O) groups excluding carboxylic acids is 2. The van der Waals surface area contributed by atoms with E-state index in [0.717, 1.165) is 32.4 Å². The van der Waals surface area contributed by atoms with Gasteiger partial charge in [-0.3, -0.25) is 9.59 Å². The number of rotatable bonds is 7. The number of nitrogens with one attached hydrogen (secondary N) is 1. The molecule has 1 saturated heterocycles. The third-order valence-electron chi connectivity index (χ3n) is 2.93. The summed E-state index contributed by atoms with van der Waals surface area (Å²) in [5, 5.41) is 3.26. The van der Waals surface area contributed by atoms with E-state index in [2.05, 4.69) is 5.32 Å². The number of carbonyl (C=O) groups is 2. The summed E-state index contributed by atoms with van der Waals surface area (Å²) in [5.74, 6) is -0.0742. The van der Waals surface area contributed by atoms with E-state index in [1.165, 1.54) is 0 Å². The minimum absolute atomic E-state index is 0.0221. The lowest BCUT2D eigenvalue weighted by molar-refractivity contribution is -0.129. The molecule has 1 unspecified atom stereocenters. The zero-order valence-electron chi connectivity index (χ0n) is 10.7. The van der Waals surface area contributed by atoms with Crippen molar-refractivity contribution in [1.29, 1.82) is 0 Å². The van der Waals surface area contributed by atoms with Crippen LogP contribution >= 0.6 is 0 Å². The number of hydrogen-bond donors (Lipinski definition) is 2. The predicted molar refractivity (Wildman–Crippen MR) is 66.3 cm³/mol. The minimum Gasteiger partial charge on any atom is -0.370 e. The van der Waals surface area contributed by atoms with Gasteiger partial charge >= 0.3 is 0 Å². The molecular weight excluding hydrogens is 218 g/mol. The molecule has 2 amide bonds. The molecule has 1 aliphatic rings. The maximum atomic E-state index is 11.9. The molecule has 1 fully saturated rings. The highest BCUT2D eigenvalue weighted by molar-refractivity contribution is 5.84. The molecule has 0 radical (unpaired) electrons. The van der Waals surface area contributed by atoms with Crippen molar-refractivity contribution in [2.45, 2.75) is 51.6 Å². The van der Waals surface area contributed by atoms with Crippen LogP contribution in [0.2, 0.25) is 0 Å². The molecule has 3 N–H and O–H groups in total. The summed E-state index contributed by atoms with van der Waals surface area (Å²) in [6.45, 7) is 5.65. The summed E-state index contributed by atoms with van der Waals surface area (Å²) in [6, 6.07) is 0.310. The topological polar surface area (TPSA) is 75.4 Å². The quantitative estimate of drug-likeness (QED) is 0.627. The molecule has 17 heavy (non-hydrogen) atoms. The molecule has 5 nitrogen and oxygen atoms in total. The average Bonchev–Trinajstić information content (AvgIpc) is 2.55. The van der Waals surface area contributed by atoms with Gasteiger partial charge in [0, 0.05) is 25.6 Å². The molecule has 1 rings (SSSR count). The molecule has 0 spiro atoms. The van der Waals surface area contributed by atoms with Gasteiger partial charge in [-0.2, -0.15) is 0 Å². The maximum Gasteiger partial charge on any atom is 0.239 e. The number of unbranched alkanes of at least 4 members (excludes halogenated alkanes) is 1. The number of hydrogen-bond acceptors (Lipinski definition) is 3. The number of likely N-dealkylation sites (tertiary alicyclic amines) is 1. The first-order valence-corrected chi connectivity index (χ1v) is 6.34. The van der Waals surface area contributed by atoms with Crippen LogP contribution in [0.1, 0.15) is 39.5 Å². The van der Waals surface area contributed by atoms with E-state index in [1.807, 2.05) is 18.7 Å². The third kappa shape index (κ3) is 4.73. The molecule has 0 aromatic carbocycles. The Balaban J connectivity index is 2.23. The number of primary amides is 1. The van der Waals surface area contributed by atoms with Gasteiger partial charge in [0.15, 0.2) is 0 Å². The molecule has 0 bridgehead atoms. The highest BCUT2D eigenvalue weighted by atomic mass is 16.2. The van der Waals surface area contributed by atoms with Gasteiger partial charge in [-0.25, -0.2) is 0 Å². The van der Waals surface area contributed by atoms with Crippen LogP contribution < -0.4 is 11.1 Å². The van der Waals surface area contributed by atoms with Gasteiger partial charge < -0.3 is 16.0 Å². The Hall–Kier alpha value is -1.10. The summed E-state index contributed by atoms with van der Waals surface area (Å²) in [4.78, 5) is 24.4. The number of nitrogens with two attached hydrogens (primary N) is 1. The van der Waals surface area contributed by atoms with Crippen LogP contribution in [-0.4, -0.2) is 41.9 Å². The average molecular weight is 241 g/mol. The summed E-state index contributed by atoms with van der Waals surface area (Å²) in [5.41, 5.74) is 5.06. The first-order valence-electron chi connectivity index (χ1n) is 6.34. The molecule has 1 heterocycles. The van der Waals surface area contributed by atoms with Crippen molar-refractivity contribution < 1.29 is 9.59 Å².